The minimum Gasteiger partial charge on any atom is -0.324 e. The van der Waals surface area contributed by atoms with E-state index >= 15 is 0 Å². The Labute approximate surface area is 163 Å². The molecule has 0 unspecified atom stereocenters. The molecule has 0 saturated carbocycles. The smallest absolute Gasteiger partial charge is 0.304 e. The molecule has 1 N–H and O–H groups in total. The van der Waals surface area contributed by atoms with Crippen LogP contribution in [0.4, 0.5) is 15.8 Å². The predicted molar refractivity (Wildman–Crippen MR) is 109 cm³/mol. The zero-order valence-corrected chi connectivity index (χ0v) is 16.3. The van der Waals surface area contributed by atoms with E-state index in [1.165, 1.54) is 26.2 Å². The first kappa shape index (κ1) is 19.8. The van der Waals surface area contributed by atoms with Crippen molar-refractivity contribution in [2.45, 2.75) is 0 Å². The highest BCUT2D eigenvalue weighted by Crippen LogP contribution is 2.24. The third-order valence-corrected chi connectivity index (χ3v) is 6.03. The number of fused-ring (bicyclic) bond motifs is 1. The van der Waals surface area contributed by atoms with Crippen molar-refractivity contribution in [3.8, 4) is 0 Å². The maximum absolute atomic E-state index is 13.2. The number of benzene rings is 3. The average Bonchev–Trinajstić information content (AvgIpc) is 2.67. The van der Waals surface area contributed by atoms with Gasteiger partial charge in [0.05, 0.1) is 5.69 Å². The van der Waals surface area contributed by atoms with Gasteiger partial charge in [-0.3, -0.25) is 4.79 Å². The van der Waals surface area contributed by atoms with Crippen molar-refractivity contribution < 1.29 is 17.6 Å². The number of halogens is 1. The van der Waals surface area contributed by atoms with E-state index in [4.69, 9.17) is 0 Å². The molecule has 28 heavy (non-hydrogen) atoms. The van der Waals surface area contributed by atoms with Crippen LogP contribution < -0.4 is 9.62 Å². The van der Waals surface area contributed by atoms with E-state index < -0.39 is 28.5 Å². The first-order chi connectivity index (χ1) is 13.3. The van der Waals surface area contributed by atoms with Crippen LogP contribution in [0.5, 0.6) is 0 Å². The second-order valence-corrected chi connectivity index (χ2v) is 8.41. The van der Waals surface area contributed by atoms with Gasteiger partial charge in [0.2, 0.25) is 5.91 Å². The molecule has 0 aromatic heterocycles. The third-order valence-electron chi connectivity index (χ3n) is 4.21. The van der Waals surface area contributed by atoms with Crippen LogP contribution in [0.15, 0.2) is 66.7 Å². The van der Waals surface area contributed by atoms with Gasteiger partial charge in [0.15, 0.2) is 0 Å². The van der Waals surface area contributed by atoms with E-state index in [1.807, 2.05) is 36.4 Å². The third kappa shape index (κ3) is 4.13. The fraction of sp³-hybridized carbons (Fsp3) is 0.150. The number of carbonyl (C=O) groups is 1. The first-order valence-electron chi connectivity index (χ1n) is 8.52. The number of nitrogens with one attached hydrogen (secondary N) is 1. The van der Waals surface area contributed by atoms with Crippen molar-refractivity contribution in [2.24, 2.45) is 0 Å². The van der Waals surface area contributed by atoms with Crippen LogP contribution in [0.1, 0.15) is 0 Å². The normalized spacial score (nSPS) is 11.6. The Morgan fingerprint density at radius 2 is 1.61 bits per heavy atom. The SMILES string of the molecule is CN(C)S(=O)(=O)N(CC(=O)Nc1cccc2ccccc12)c1ccc(F)cc1. The molecule has 1 amide bonds. The summed E-state index contributed by atoms with van der Waals surface area (Å²) in [7, 11) is -1.21. The van der Waals surface area contributed by atoms with E-state index in [0.29, 0.717) is 5.69 Å². The number of rotatable bonds is 6. The Morgan fingerprint density at radius 1 is 0.964 bits per heavy atom. The molecule has 0 aliphatic rings. The zero-order chi connectivity index (χ0) is 20.3. The Bertz CT molecular complexity index is 1090. The molecule has 0 spiro atoms. The maximum Gasteiger partial charge on any atom is 0.304 e. The van der Waals surface area contributed by atoms with Gasteiger partial charge in [-0.1, -0.05) is 36.4 Å². The lowest BCUT2D eigenvalue weighted by molar-refractivity contribution is -0.114. The highest BCUT2D eigenvalue weighted by molar-refractivity contribution is 7.90. The summed E-state index contributed by atoms with van der Waals surface area (Å²) in [6.07, 6.45) is 0. The fourth-order valence-corrected chi connectivity index (χ4v) is 3.83. The highest BCUT2D eigenvalue weighted by atomic mass is 32.2. The van der Waals surface area contributed by atoms with E-state index in [2.05, 4.69) is 5.32 Å². The second-order valence-electron chi connectivity index (χ2n) is 6.35. The summed E-state index contributed by atoms with van der Waals surface area (Å²) in [6.45, 7) is -0.449. The number of nitrogens with zero attached hydrogens (tertiary/aromatic N) is 2. The van der Waals surface area contributed by atoms with Gasteiger partial charge in [-0.2, -0.15) is 12.7 Å². The lowest BCUT2D eigenvalue weighted by Gasteiger charge is -2.27. The summed E-state index contributed by atoms with van der Waals surface area (Å²) in [5, 5.41) is 4.57. The highest BCUT2D eigenvalue weighted by Gasteiger charge is 2.27. The fourth-order valence-electron chi connectivity index (χ4n) is 2.77. The summed E-state index contributed by atoms with van der Waals surface area (Å²) < 4.78 is 40.6. The topological polar surface area (TPSA) is 69.7 Å². The molecule has 3 aromatic carbocycles. The maximum atomic E-state index is 13.2. The monoisotopic (exact) mass is 401 g/mol. The van der Waals surface area contributed by atoms with Crippen LogP contribution in [-0.4, -0.2) is 39.3 Å². The van der Waals surface area contributed by atoms with Crippen molar-refractivity contribution in [1.82, 2.24) is 4.31 Å². The second kappa shape index (κ2) is 7.95. The minimum atomic E-state index is -3.95. The molecule has 0 aliphatic heterocycles. The van der Waals surface area contributed by atoms with E-state index in [1.54, 1.807) is 6.07 Å². The molecular weight excluding hydrogens is 381 g/mol. The van der Waals surface area contributed by atoms with Crippen LogP contribution in [0.3, 0.4) is 0 Å². The molecule has 146 valence electrons. The molecule has 0 bridgehead atoms. The van der Waals surface area contributed by atoms with E-state index in [0.717, 1.165) is 31.5 Å². The standard InChI is InChI=1S/C20H20FN3O3S/c1-23(2)28(26,27)24(17-12-10-16(21)11-13-17)14-20(25)22-19-9-5-7-15-6-3-4-8-18(15)19/h3-13H,14H2,1-2H3,(H,22,25). The number of amides is 1. The number of hydrogen-bond acceptors (Lipinski definition) is 3. The molecular formula is C20H20FN3O3S. The van der Waals surface area contributed by atoms with Crippen molar-refractivity contribution >= 4 is 38.3 Å². The van der Waals surface area contributed by atoms with Gasteiger partial charge in [0, 0.05) is 25.2 Å². The van der Waals surface area contributed by atoms with Crippen LogP contribution in [0.25, 0.3) is 10.8 Å². The van der Waals surface area contributed by atoms with Crippen molar-refractivity contribution in [3.05, 3.63) is 72.5 Å². The van der Waals surface area contributed by atoms with Crippen LogP contribution in [0.2, 0.25) is 0 Å². The number of anilines is 2. The molecule has 0 aliphatic carbocycles. The molecule has 8 heteroatoms. The zero-order valence-electron chi connectivity index (χ0n) is 15.5. The molecule has 0 heterocycles. The molecule has 0 radical (unpaired) electrons. The van der Waals surface area contributed by atoms with Gasteiger partial charge in [0.25, 0.3) is 0 Å². The molecule has 3 rings (SSSR count). The number of carbonyl (C=O) groups excluding carboxylic acids is 1. The summed E-state index contributed by atoms with van der Waals surface area (Å²) in [6, 6.07) is 18.0. The molecule has 0 fully saturated rings. The predicted octanol–water partition coefficient (Wildman–Crippen LogP) is 3.23. The van der Waals surface area contributed by atoms with Gasteiger partial charge < -0.3 is 5.32 Å². The summed E-state index contributed by atoms with van der Waals surface area (Å²) in [5.41, 5.74) is 0.785. The van der Waals surface area contributed by atoms with Crippen molar-refractivity contribution in [1.29, 1.82) is 0 Å². The van der Waals surface area contributed by atoms with Gasteiger partial charge in [-0.15, -0.1) is 0 Å². The summed E-state index contributed by atoms with van der Waals surface area (Å²) >= 11 is 0. The average molecular weight is 401 g/mol. The Balaban J connectivity index is 1.90. The van der Waals surface area contributed by atoms with Gasteiger partial charge >= 0.3 is 10.2 Å². The minimum absolute atomic E-state index is 0.197. The summed E-state index contributed by atoms with van der Waals surface area (Å²) in [4.78, 5) is 12.7. The Kier molecular flexibility index (Phi) is 5.62. The summed E-state index contributed by atoms with van der Waals surface area (Å²) in [5.74, 6) is -1.00. The lowest BCUT2D eigenvalue weighted by Crippen LogP contribution is -2.44. The van der Waals surface area contributed by atoms with Gasteiger partial charge in [-0.25, -0.2) is 8.70 Å². The van der Waals surface area contributed by atoms with E-state index in [9.17, 15) is 17.6 Å². The molecule has 0 atom stereocenters. The quantitative estimate of drug-likeness (QED) is 0.689. The Morgan fingerprint density at radius 3 is 2.29 bits per heavy atom. The van der Waals surface area contributed by atoms with Crippen LogP contribution in [0, 0.1) is 5.82 Å². The van der Waals surface area contributed by atoms with Gasteiger partial charge in [0.1, 0.15) is 12.4 Å². The van der Waals surface area contributed by atoms with Crippen LogP contribution in [-0.2, 0) is 15.0 Å². The largest absolute Gasteiger partial charge is 0.324 e. The van der Waals surface area contributed by atoms with E-state index in [-0.39, 0.29) is 5.69 Å². The number of hydrogen-bond donors (Lipinski definition) is 1. The van der Waals surface area contributed by atoms with Crippen molar-refractivity contribution in [3.63, 3.8) is 0 Å². The van der Waals surface area contributed by atoms with Crippen LogP contribution >= 0.6 is 0 Å². The van der Waals surface area contributed by atoms with Gasteiger partial charge in [-0.05, 0) is 35.7 Å². The Hall–Kier alpha value is -2.97. The molecule has 3 aromatic rings. The lowest BCUT2D eigenvalue weighted by atomic mass is 10.1. The molecule has 6 nitrogen and oxygen atoms in total. The molecule has 0 saturated heterocycles. The van der Waals surface area contributed by atoms with Crippen molar-refractivity contribution in [2.75, 3.05) is 30.3 Å². The first-order valence-corrected chi connectivity index (χ1v) is 9.92.